The highest BCUT2D eigenvalue weighted by atomic mass is 32.1. The van der Waals surface area contributed by atoms with Crippen molar-refractivity contribution in [2.75, 3.05) is 5.32 Å². The Hall–Kier alpha value is -3.86. The summed E-state index contributed by atoms with van der Waals surface area (Å²) >= 11 is 1.10. The molecule has 0 saturated carbocycles. The van der Waals surface area contributed by atoms with Crippen molar-refractivity contribution in [1.82, 2.24) is 20.0 Å². The smallest absolute Gasteiger partial charge is 0.247 e. The minimum Gasteiger partial charge on any atom is -0.361 e. The monoisotopic (exact) mass is 482 g/mol. The van der Waals surface area contributed by atoms with Gasteiger partial charge >= 0.3 is 0 Å². The molecule has 0 unspecified atom stereocenters. The Kier molecular flexibility index (Phi) is 8.25. The van der Waals surface area contributed by atoms with Crippen molar-refractivity contribution in [3.05, 3.63) is 47.8 Å². The Bertz CT molecular complexity index is 1220. The average Bonchev–Trinajstić information content (AvgIpc) is 3.41. The van der Waals surface area contributed by atoms with Crippen LogP contribution in [0.3, 0.4) is 0 Å². The predicted molar refractivity (Wildman–Crippen MR) is 130 cm³/mol. The molecule has 0 aliphatic carbocycles. The summed E-state index contributed by atoms with van der Waals surface area (Å²) in [4.78, 5) is 52.7. The number of fused-ring (bicyclic) bond motifs is 1. The number of para-hydroxylation sites is 1. The molecule has 5 N–H and O–H groups in total. The third-order valence-electron chi connectivity index (χ3n) is 5.14. The molecule has 0 bridgehead atoms. The quantitative estimate of drug-likeness (QED) is 0.265. The van der Waals surface area contributed by atoms with Gasteiger partial charge in [0, 0.05) is 36.9 Å². The standard InChI is InChI=1S/C23H26N6O4S/c1-13-9-21(34-29-13)28-22(32)19(8-7-16(31)11-24)27-23(33)20(26-14(2)30)10-15-12-25-18-6-4-3-5-17(15)18/h3-6,9,11-12,19-20,24-25H,7-8,10H2,1-2H3,(H,26,30)(H,27,33)(H,28,32)/t19-,20-/m0/s1. The number of amides is 3. The second-order valence-electron chi connectivity index (χ2n) is 7.85. The topological polar surface area (TPSA) is 157 Å². The molecule has 2 aromatic heterocycles. The van der Waals surface area contributed by atoms with Gasteiger partial charge in [-0.15, -0.1) is 0 Å². The predicted octanol–water partition coefficient (Wildman–Crippen LogP) is 2.10. The first-order chi connectivity index (χ1) is 16.3. The molecule has 3 aromatic rings. The number of H-pyrrole nitrogens is 1. The second-order valence-corrected chi connectivity index (χ2v) is 8.65. The molecule has 2 heterocycles. The lowest BCUT2D eigenvalue weighted by atomic mass is 10.0. The maximum Gasteiger partial charge on any atom is 0.247 e. The summed E-state index contributed by atoms with van der Waals surface area (Å²) < 4.78 is 4.11. The van der Waals surface area contributed by atoms with Crippen LogP contribution in [0, 0.1) is 12.3 Å². The SMILES string of the molecule is CC(=O)N[C@@H](Cc1c[nH]c2ccccc12)C(=O)N[C@@H](CCC(=O)C=N)C(=O)Nc1cc(C)ns1. The van der Waals surface area contributed by atoms with Crippen LogP contribution < -0.4 is 16.0 Å². The Morgan fingerprint density at radius 3 is 2.59 bits per heavy atom. The van der Waals surface area contributed by atoms with Gasteiger partial charge in [-0.25, -0.2) is 0 Å². The lowest BCUT2D eigenvalue weighted by Gasteiger charge is -2.22. The van der Waals surface area contributed by atoms with Gasteiger partial charge in [0.25, 0.3) is 0 Å². The van der Waals surface area contributed by atoms with Crippen LogP contribution in [0.4, 0.5) is 5.00 Å². The summed E-state index contributed by atoms with van der Waals surface area (Å²) in [6, 6.07) is 7.32. The number of carbonyl (C=O) groups excluding carboxylic acids is 4. The van der Waals surface area contributed by atoms with Crippen LogP contribution in [0.5, 0.6) is 0 Å². The number of rotatable bonds is 11. The number of aromatic nitrogens is 2. The van der Waals surface area contributed by atoms with E-state index in [1.807, 2.05) is 24.3 Å². The number of carbonyl (C=O) groups is 4. The fraction of sp³-hybridized carbons (Fsp3) is 0.304. The van der Waals surface area contributed by atoms with Crippen molar-refractivity contribution in [2.45, 2.75) is 45.2 Å². The molecule has 34 heavy (non-hydrogen) atoms. The van der Waals surface area contributed by atoms with E-state index < -0.39 is 29.7 Å². The minimum absolute atomic E-state index is 0.00342. The van der Waals surface area contributed by atoms with Gasteiger partial charge < -0.3 is 26.3 Å². The second kappa shape index (κ2) is 11.3. The summed E-state index contributed by atoms with van der Waals surface area (Å²) in [7, 11) is 0. The maximum absolute atomic E-state index is 13.2. The highest BCUT2D eigenvalue weighted by Crippen LogP contribution is 2.20. The lowest BCUT2D eigenvalue weighted by Crippen LogP contribution is -2.53. The normalized spacial score (nSPS) is 12.5. The van der Waals surface area contributed by atoms with E-state index in [2.05, 4.69) is 25.3 Å². The van der Waals surface area contributed by atoms with E-state index in [0.717, 1.165) is 33.7 Å². The molecule has 10 nitrogen and oxygen atoms in total. The maximum atomic E-state index is 13.2. The van der Waals surface area contributed by atoms with Crippen molar-refractivity contribution < 1.29 is 19.2 Å². The van der Waals surface area contributed by atoms with Gasteiger partial charge in [0.15, 0.2) is 5.78 Å². The number of hydrogen-bond donors (Lipinski definition) is 5. The van der Waals surface area contributed by atoms with Crippen LogP contribution in [0.25, 0.3) is 10.9 Å². The molecule has 2 atom stereocenters. The lowest BCUT2D eigenvalue weighted by molar-refractivity contribution is -0.130. The van der Waals surface area contributed by atoms with E-state index in [9.17, 15) is 19.2 Å². The number of nitrogens with zero attached hydrogens (tertiary/aromatic N) is 1. The fourth-order valence-corrected chi connectivity index (χ4v) is 4.17. The number of aromatic amines is 1. The third-order valence-corrected chi connectivity index (χ3v) is 5.94. The molecule has 0 fully saturated rings. The van der Waals surface area contributed by atoms with Gasteiger partial charge in [-0.05, 0) is 42.6 Å². The van der Waals surface area contributed by atoms with Crippen LogP contribution in [0.15, 0.2) is 36.5 Å². The van der Waals surface area contributed by atoms with Crippen LogP contribution in [0.1, 0.15) is 31.0 Å². The van der Waals surface area contributed by atoms with E-state index in [0.29, 0.717) is 11.2 Å². The summed E-state index contributed by atoms with van der Waals surface area (Å²) in [5.74, 6) is -1.91. The number of hydrogen-bond acceptors (Lipinski definition) is 7. The zero-order chi connectivity index (χ0) is 24.7. The van der Waals surface area contributed by atoms with Gasteiger partial charge in [-0.1, -0.05) is 18.2 Å². The van der Waals surface area contributed by atoms with E-state index >= 15 is 0 Å². The van der Waals surface area contributed by atoms with Gasteiger partial charge in [0.05, 0.1) is 11.9 Å². The molecule has 178 valence electrons. The molecule has 0 spiro atoms. The Morgan fingerprint density at radius 2 is 1.91 bits per heavy atom. The molecule has 0 saturated heterocycles. The molecule has 0 aliphatic heterocycles. The minimum atomic E-state index is -1.04. The van der Waals surface area contributed by atoms with Crippen molar-refractivity contribution in [3.8, 4) is 0 Å². The zero-order valence-corrected chi connectivity index (χ0v) is 19.6. The van der Waals surface area contributed by atoms with Gasteiger partial charge in [0.1, 0.15) is 17.1 Å². The first kappa shape index (κ1) is 24.8. The molecule has 0 radical (unpaired) electrons. The van der Waals surface area contributed by atoms with Gasteiger partial charge in [0.2, 0.25) is 17.7 Å². The van der Waals surface area contributed by atoms with Crippen LogP contribution in [-0.2, 0) is 25.6 Å². The zero-order valence-electron chi connectivity index (χ0n) is 18.8. The number of anilines is 1. The van der Waals surface area contributed by atoms with Gasteiger partial charge in [-0.3, -0.25) is 19.2 Å². The summed E-state index contributed by atoms with van der Waals surface area (Å²) in [5, 5.41) is 16.5. The van der Waals surface area contributed by atoms with E-state index in [-0.39, 0.29) is 25.2 Å². The number of aryl methyl sites for hydroxylation is 1. The number of benzene rings is 1. The molecular formula is C23H26N6O4S. The molecule has 1 aromatic carbocycles. The molecular weight excluding hydrogens is 456 g/mol. The van der Waals surface area contributed by atoms with Crippen LogP contribution in [0.2, 0.25) is 0 Å². The van der Waals surface area contributed by atoms with Crippen molar-refractivity contribution in [2.24, 2.45) is 0 Å². The van der Waals surface area contributed by atoms with E-state index in [1.54, 1.807) is 19.2 Å². The molecule has 3 rings (SSSR count). The molecule has 3 amide bonds. The van der Waals surface area contributed by atoms with E-state index in [1.165, 1.54) is 6.92 Å². The van der Waals surface area contributed by atoms with Gasteiger partial charge in [-0.2, -0.15) is 4.37 Å². The van der Waals surface area contributed by atoms with Crippen molar-refractivity contribution >= 4 is 57.2 Å². The van der Waals surface area contributed by atoms with Crippen molar-refractivity contribution in [1.29, 1.82) is 5.41 Å². The Labute approximate surface area is 200 Å². The van der Waals surface area contributed by atoms with Crippen LogP contribution >= 0.6 is 11.5 Å². The Balaban J connectivity index is 1.78. The summed E-state index contributed by atoms with van der Waals surface area (Å²) in [5.41, 5.74) is 2.48. The number of Topliss-reactive ketones (excluding diaryl/α,β-unsaturated/α-hetero) is 1. The summed E-state index contributed by atoms with van der Waals surface area (Å²) in [6.07, 6.45) is 2.59. The number of ketones is 1. The summed E-state index contributed by atoms with van der Waals surface area (Å²) in [6.45, 7) is 3.10. The largest absolute Gasteiger partial charge is 0.361 e. The Morgan fingerprint density at radius 1 is 1.15 bits per heavy atom. The highest BCUT2D eigenvalue weighted by Gasteiger charge is 2.28. The third kappa shape index (κ3) is 6.58. The van der Waals surface area contributed by atoms with Crippen molar-refractivity contribution in [3.63, 3.8) is 0 Å². The number of nitrogens with one attached hydrogen (secondary N) is 5. The first-order valence-electron chi connectivity index (χ1n) is 10.7. The van der Waals surface area contributed by atoms with E-state index in [4.69, 9.17) is 5.41 Å². The first-order valence-corrected chi connectivity index (χ1v) is 11.4. The fourth-order valence-electron chi connectivity index (χ4n) is 3.51. The average molecular weight is 483 g/mol. The molecule has 0 aliphatic rings. The molecule has 11 heteroatoms. The highest BCUT2D eigenvalue weighted by molar-refractivity contribution is 7.10. The van der Waals surface area contributed by atoms with Crippen LogP contribution in [-0.4, -0.2) is 51.2 Å².